The molecule has 8 heteroatoms. The zero-order chi connectivity index (χ0) is 16.2. The van der Waals surface area contributed by atoms with Crippen LogP contribution in [0.5, 0.6) is 0 Å². The van der Waals surface area contributed by atoms with Gasteiger partial charge in [-0.2, -0.15) is 0 Å². The quantitative estimate of drug-likeness (QED) is 0.760. The van der Waals surface area contributed by atoms with E-state index >= 15 is 0 Å². The molecule has 0 fully saturated rings. The van der Waals surface area contributed by atoms with Crippen molar-refractivity contribution in [2.45, 2.75) is 6.04 Å². The molecule has 6 nitrogen and oxygen atoms in total. The summed E-state index contributed by atoms with van der Waals surface area (Å²) in [5.74, 6) is -0.971. The fourth-order valence-electron chi connectivity index (χ4n) is 2.14. The highest BCUT2D eigenvalue weighted by Crippen LogP contribution is 2.23. The van der Waals surface area contributed by atoms with Gasteiger partial charge in [-0.3, -0.25) is 4.79 Å². The van der Waals surface area contributed by atoms with Gasteiger partial charge in [-0.15, -0.1) is 5.10 Å². The van der Waals surface area contributed by atoms with E-state index in [4.69, 9.17) is 0 Å². The molecule has 116 valence electrons. The first-order chi connectivity index (χ1) is 11.1. The number of amides is 1. The Balaban J connectivity index is 1.92. The van der Waals surface area contributed by atoms with E-state index in [-0.39, 0.29) is 5.69 Å². The molecule has 0 saturated carbocycles. The summed E-state index contributed by atoms with van der Waals surface area (Å²) in [7, 11) is 0. The van der Waals surface area contributed by atoms with Gasteiger partial charge in [0, 0.05) is 4.47 Å². The van der Waals surface area contributed by atoms with Crippen LogP contribution >= 0.6 is 15.9 Å². The van der Waals surface area contributed by atoms with E-state index in [0.29, 0.717) is 10.0 Å². The average Bonchev–Trinajstić information content (AvgIpc) is 3.05. The van der Waals surface area contributed by atoms with Crippen molar-refractivity contribution in [3.8, 4) is 0 Å². The van der Waals surface area contributed by atoms with Gasteiger partial charge in [0.2, 0.25) is 0 Å². The maximum atomic E-state index is 13.9. The molecule has 1 aromatic heterocycles. The van der Waals surface area contributed by atoms with Gasteiger partial charge in [-0.05, 0) is 34.2 Å². The molecule has 0 radical (unpaired) electrons. The van der Waals surface area contributed by atoms with E-state index in [1.807, 2.05) is 6.07 Å². The first-order valence-electron chi connectivity index (χ1n) is 6.68. The molecule has 0 aliphatic rings. The maximum absolute atomic E-state index is 13.9. The van der Waals surface area contributed by atoms with Crippen molar-refractivity contribution >= 4 is 27.5 Å². The van der Waals surface area contributed by atoms with Gasteiger partial charge in [0.05, 0.1) is 5.69 Å². The lowest BCUT2D eigenvalue weighted by Gasteiger charge is -2.17. The highest BCUT2D eigenvalue weighted by Gasteiger charge is 2.24. The van der Waals surface area contributed by atoms with Crippen LogP contribution in [0.4, 0.5) is 10.1 Å². The highest BCUT2D eigenvalue weighted by molar-refractivity contribution is 9.10. The van der Waals surface area contributed by atoms with Crippen molar-refractivity contribution in [2.24, 2.45) is 0 Å². The Labute approximate surface area is 139 Å². The van der Waals surface area contributed by atoms with Gasteiger partial charge in [0.15, 0.2) is 6.04 Å². The van der Waals surface area contributed by atoms with Gasteiger partial charge >= 0.3 is 0 Å². The predicted octanol–water partition coefficient (Wildman–Crippen LogP) is 2.80. The largest absolute Gasteiger partial charge is 0.321 e. The summed E-state index contributed by atoms with van der Waals surface area (Å²) < 4.78 is 15.8. The average molecular weight is 376 g/mol. The number of benzene rings is 2. The number of nitrogens with one attached hydrogen (secondary N) is 1. The number of hydrogen-bond donors (Lipinski definition) is 1. The topological polar surface area (TPSA) is 72.7 Å². The number of tetrazole rings is 1. The molecule has 3 rings (SSSR count). The van der Waals surface area contributed by atoms with Gasteiger partial charge in [-0.25, -0.2) is 9.07 Å². The molecule has 3 aromatic rings. The van der Waals surface area contributed by atoms with Gasteiger partial charge in [0.1, 0.15) is 12.1 Å². The minimum absolute atomic E-state index is 0.0900. The third-order valence-corrected chi connectivity index (χ3v) is 3.68. The molecule has 0 unspecified atom stereocenters. The fourth-order valence-corrected chi connectivity index (χ4v) is 2.47. The molecule has 1 atom stereocenters. The Morgan fingerprint density at radius 1 is 1.22 bits per heavy atom. The number of halogens is 2. The normalized spacial score (nSPS) is 11.9. The SMILES string of the molecule is O=C(Nc1ccc(Br)cc1F)[C@@H](c1ccccc1)n1cnnn1. The predicted molar refractivity (Wildman–Crippen MR) is 85.1 cm³/mol. The second-order valence-corrected chi connectivity index (χ2v) is 5.63. The zero-order valence-corrected chi connectivity index (χ0v) is 13.3. The molecule has 1 N–H and O–H groups in total. The van der Waals surface area contributed by atoms with Gasteiger partial charge in [-0.1, -0.05) is 46.3 Å². The number of rotatable bonds is 4. The van der Waals surface area contributed by atoms with E-state index in [9.17, 15) is 9.18 Å². The van der Waals surface area contributed by atoms with E-state index in [2.05, 4.69) is 36.8 Å². The number of aromatic nitrogens is 4. The van der Waals surface area contributed by atoms with Crippen molar-refractivity contribution in [2.75, 3.05) is 5.32 Å². The van der Waals surface area contributed by atoms with Crippen LogP contribution in [0.1, 0.15) is 11.6 Å². The number of carbonyl (C=O) groups excluding carboxylic acids is 1. The standard InChI is InChI=1S/C15H11BrFN5O/c16-11-6-7-13(12(17)8-11)19-15(23)14(22-9-18-20-21-22)10-4-2-1-3-5-10/h1-9,14H,(H,19,23)/t14-/m1/s1. The summed E-state index contributed by atoms with van der Waals surface area (Å²) in [5.41, 5.74) is 0.780. The van der Waals surface area contributed by atoms with E-state index in [0.717, 1.165) is 0 Å². The van der Waals surface area contributed by atoms with Crippen LogP contribution in [-0.2, 0) is 4.79 Å². The lowest BCUT2D eigenvalue weighted by molar-refractivity contribution is -0.118. The number of anilines is 1. The van der Waals surface area contributed by atoms with Crippen LogP contribution < -0.4 is 5.32 Å². The Hall–Kier alpha value is -2.61. The van der Waals surface area contributed by atoms with Crippen LogP contribution in [0, 0.1) is 5.82 Å². The second kappa shape index (κ2) is 6.66. The molecule has 0 aliphatic heterocycles. The highest BCUT2D eigenvalue weighted by atomic mass is 79.9. The molecule has 0 aliphatic carbocycles. The van der Waals surface area contributed by atoms with Crippen molar-refractivity contribution in [1.29, 1.82) is 0 Å². The molecule has 2 aromatic carbocycles. The molecule has 23 heavy (non-hydrogen) atoms. The lowest BCUT2D eigenvalue weighted by Crippen LogP contribution is -2.28. The number of nitrogens with zero attached hydrogens (tertiary/aromatic N) is 4. The third kappa shape index (κ3) is 3.42. The van der Waals surface area contributed by atoms with E-state index in [1.165, 1.54) is 23.1 Å². The minimum Gasteiger partial charge on any atom is -0.321 e. The first kappa shape index (κ1) is 15.3. The summed E-state index contributed by atoms with van der Waals surface area (Å²) in [5, 5.41) is 13.5. The third-order valence-electron chi connectivity index (χ3n) is 3.18. The van der Waals surface area contributed by atoms with E-state index in [1.54, 1.807) is 30.3 Å². The van der Waals surface area contributed by atoms with Crippen LogP contribution in [0.15, 0.2) is 59.3 Å². The molecular formula is C15H11BrFN5O. The minimum atomic E-state index is -0.797. The summed E-state index contributed by atoms with van der Waals surface area (Å²) in [6.45, 7) is 0. The van der Waals surface area contributed by atoms with Crippen LogP contribution in [0.25, 0.3) is 0 Å². The van der Waals surface area contributed by atoms with Crippen LogP contribution in [0.2, 0.25) is 0 Å². The summed E-state index contributed by atoms with van der Waals surface area (Å²) in [6.07, 6.45) is 1.34. The Bertz CT molecular complexity index is 810. The number of hydrogen-bond acceptors (Lipinski definition) is 4. The van der Waals surface area contributed by atoms with Gasteiger partial charge in [0.25, 0.3) is 5.91 Å². The monoisotopic (exact) mass is 375 g/mol. The van der Waals surface area contributed by atoms with E-state index < -0.39 is 17.8 Å². The van der Waals surface area contributed by atoms with Crippen molar-refractivity contribution < 1.29 is 9.18 Å². The fraction of sp³-hybridized carbons (Fsp3) is 0.0667. The van der Waals surface area contributed by atoms with Crippen LogP contribution in [-0.4, -0.2) is 26.1 Å². The molecular weight excluding hydrogens is 365 g/mol. The second-order valence-electron chi connectivity index (χ2n) is 4.72. The maximum Gasteiger partial charge on any atom is 0.254 e. The summed E-state index contributed by atoms with van der Waals surface area (Å²) in [6, 6.07) is 12.6. The number of carbonyl (C=O) groups is 1. The lowest BCUT2D eigenvalue weighted by atomic mass is 10.1. The summed E-state index contributed by atoms with van der Waals surface area (Å²) >= 11 is 3.18. The molecule has 0 bridgehead atoms. The van der Waals surface area contributed by atoms with Crippen molar-refractivity contribution in [3.63, 3.8) is 0 Å². The Morgan fingerprint density at radius 2 is 2.00 bits per heavy atom. The zero-order valence-electron chi connectivity index (χ0n) is 11.7. The van der Waals surface area contributed by atoms with Crippen molar-refractivity contribution in [1.82, 2.24) is 20.2 Å². The Morgan fingerprint density at radius 3 is 2.65 bits per heavy atom. The molecule has 0 spiro atoms. The molecule has 1 amide bonds. The van der Waals surface area contributed by atoms with Gasteiger partial charge < -0.3 is 5.32 Å². The molecule has 0 saturated heterocycles. The van der Waals surface area contributed by atoms with Crippen molar-refractivity contribution in [3.05, 3.63) is 70.7 Å². The molecule has 1 heterocycles. The van der Waals surface area contributed by atoms with Crippen LogP contribution in [0.3, 0.4) is 0 Å². The Kier molecular flexibility index (Phi) is 4.42. The smallest absolute Gasteiger partial charge is 0.254 e. The first-order valence-corrected chi connectivity index (χ1v) is 7.48. The summed E-state index contributed by atoms with van der Waals surface area (Å²) in [4.78, 5) is 12.6.